The Kier molecular flexibility index (Phi) is 4.76. The highest BCUT2D eigenvalue weighted by Gasteiger charge is 2.29. The SMILES string of the molecule is COCCN1CCN(C(=O)O)C[C@@H]1c1ccccc1. The van der Waals surface area contributed by atoms with Crippen LogP contribution in [0.1, 0.15) is 11.6 Å². The lowest BCUT2D eigenvalue weighted by Crippen LogP contribution is -2.50. The van der Waals surface area contributed by atoms with Crippen LogP contribution in [-0.2, 0) is 4.74 Å². The van der Waals surface area contributed by atoms with Gasteiger partial charge in [-0.25, -0.2) is 4.79 Å². The van der Waals surface area contributed by atoms with Crippen molar-refractivity contribution in [1.82, 2.24) is 9.80 Å². The number of carbonyl (C=O) groups is 1. The third-order valence-electron chi connectivity index (χ3n) is 3.53. The van der Waals surface area contributed by atoms with Gasteiger partial charge >= 0.3 is 6.09 Å². The molecule has 1 aromatic rings. The third kappa shape index (κ3) is 3.45. The number of rotatable bonds is 4. The number of ether oxygens (including phenoxy) is 1. The van der Waals surface area contributed by atoms with Crippen LogP contribution in [0.2, 0.25) is 0 Å². The Hall–Kier alpha value is -1.59. The van der Waals surface area contributed by atoms with Crippen molar-refractivity contribution in [2.75, 3.05) is 39.9 Å². The maximum absolute atomic E-state index is 11.1. The van der Waals surface area contributed by atoms with Crippen molar-refractivity contribution in [2.45, 2.75) is 6.04 Å². The average molecular weight is 264 g/mol. The number of nitrogens with zero attached hydrogens (tertiary/aromatic N) is 2. The molecule has 1 amide bonds. The molecule has 1 aliphatic rings. The minimum Gasteiger partial charge on any atom is -0.465 e. The number of methoxy groups -OCH3 is 1. The molecule has 19 heavy (non-hydrogen) atoms. The van der Waals surface area contributed by atoms with Crippen molar-refractivity contribution in [3.8, 4) is 0 Å². The monoisotopic (exact) mass is 264 g/mol. The van der Waals surface area contributed by atoms with Crippen molar-refractivity contribution in [1.29, 1.82) is 0 Å². The van der Waals surface area contributed by atoms with E-state index >= 15 is 0 Å². The lowest BCUT2D eigenvalue weighted by molar-refractivity contribution is 0.0505. The molecule has 2 rings (SSSR count). The predicted molar refractivity (Wildman–Crippen MR) is 72.2 cm³/mol. The summed E-state index contributed by atoms with van der Waals surface area (Å²) >= 11 is 0. The van der Waals surface area contributed by atoms with E-state index in [4.69, 9.17) is 9.84 Å². The van der Waals surface area contributed by atoms with Gasteiger partial charge in [0.25, 0.3) is 0 Å². The molecule has 0 aromatic heterocycles. The fourth-order valence-electron chi connectivity index (χ4n) is 2.46. The fraction of sp³-hybridized carbons (Fsp3) is 0.500. The highest BCUT2D eigenvalue weighted by molar-refractivity contribution is 5.65. The van der Waals surface area contributed by atoms with Gasteiger partial charge in [-0.1, -0.05) is 30.3 Å². The zero-order valence-corrected chi connectivity index (χ0v) is 11.2. The van der Waals surface area contributed by atoms with E-state index < -0.39 is 6.09 Å². The number of benzene rings is 1. The molecule has 1 aromatic carbocycles. The standard InChI is InChI=1S/C14H20N2O3/c1-19-10-9-15-7-8-16(14(17)18)11-13(15)12-5-3-2-4-6-12/h2-6,13H,7-11H2,1H3,(H,17,18)/t13-/m1/s1. The van der Waals surface area contributed by atoms with Gasteiger partial charge in [0.2, 0.25) is 0 Å². The van der Waals surface area contributed by atoms with Crippen LogP contribution in [0.5, 0.6) is 0 Å². The first-order valence-corrected chi connectivity index (χ1v) is 6.48. The van der Waals surface area contributed by atoms with E-state index in [1.165, 1.54) is 4.90 Å². The molecule has 5 heteroatoms. The van der Waals surface area contributed by atoms with Gasteiger partial charge in [-0.15, -0.1) is 0 Å². The van der Waals surface area contributed by atoms with Gasteiger partial charge in [-0.3, -0.25) is 4.90 Å². The number of hydrogen-bond donors (Lipinski definition) is 1. The second-order valence-electron chi connectivity index (χ2n) is 4.68. The van der Waals surface area contributed by atoms with Gasteiger partial charge in [0.05, 0.1) is 12.6 Å². The molecule has 1 heterocycles. The summed E-state index contributed by atoms with van der Waals surface area (Å²) in [5.74, 6) is 0. The van der Waals surface area contributed by atoms with E-state index in [0.29, 0.717) is 19.7 Å². The molecule has 0 aliphatic carbocycles. The maximum Gasteiger partial charge on any atom is 0.407 e. The zero-order chi connectivity index (χ0) is 13.7. The Morgan fingerprint density at radius 2 is 2.11 bits per heavy atom. The van der Waals surface area contributed by atoms with Crippen LogP contribution in [0, 0.1) is 0 Å². The topological polar surface area (TPSA) is 53.0 Å². The van der Waals surface area contributed by atoms with Crippen molar-refractivity contribution in [3.05, 3.63) is 35.9 Å². The van der Waals surface area contributed by atoms with Crippen LogP contribution in [0.4, 0.5) is 4.79 Å². The van der Waals surface area contributed by atoms with Gasteiger partial charge in [-0.05, 0) is 5.56 Å². The van der Waals surface area contributed by atoms with Crippen molar-refractivity contribution >= 4 is 6.09 Å². The normalized spacial score (nSPS) is 20.5. The van der Waals surface area contributed by atoms with Gasteiger partial charge in [-0.2, -0.15) is 0 Å². The minimum absolute atomic E-state index is 0.112. The van der Waals surface area contributed by atoms with Crippen molar-refractivity contribution < 1.29 is 14.6 Å². The lowest BCUT2D eigenvalue weighted by Gasteiger charge is -2.40. The van der Waals surface area contributed by atoms with E-state index in [1.807, 2.05) is 18.2 Å². The lowest BCUT2D eigenvalue weighted by atomic mass is 10.0. The highest BCUT2D eigenvalue weighted by Crippen LogP contribution is 2.25. The Morgan fingerprint density at radius 1 is 1.37 bits per heavy atom. The second-order valence-corrected chi connectivity index (χ2v) is 4.68. The van der Waals surface area contributed by atoms with Gasteiger partial charge < -0.3 is 14.7 Å². The molecule has 1 saturated heterocycles. The molecule has 104 valence electrons. The summed E-state index contributed by atoms with van der Waals surface area (Å²) in [6, 6.07) is 10.2. The molecule has 1 fully saturated rings. The Labute approximate surface area is 113 Å². The average Bonchev–Trinajstić information content (AvgIpc) is 2.45. The molecule has 1 atom stereocenters. The van der Waals surface area contributed by atoms with Crippen LogP contribution in [-0.4, -0.2) is 60.9 Å². The highest BCUT2D eigenvalue weighted by atomic mass is 16.5. The summed E-state index contributed by atoms with van der Waals surface area (Å²) in [4.78, 5) is 14.9. The molecule has 0 spiro atoms. The first-order chi connectivity index (χ1) is 9.22. The van der Waals surface area contributed by atoms with Crippen LogP contribution in [0.3, 0.4) is 0 Å². The first-order valence-electron chi connectivity index (χ1n) is 6.48. The summed E-state index contributed by atoms with van der Waals surface area (Å²) in [7, 11) is 1.69. The minimum atomic E-state index is -0.840. The molecular weight excluding hydrogens is 244 g/mol. The third-order valence-corrected chi connectivity index (χ3v) is 3.53. The van der Waals surface area contributed by atoms with E-state index in [0.717, 1.165) is 18.7 Å². The first kappa shape index (κ1) is 13.8. The number of amides is 1. The molecule has 0 unspecified atom stereocenters. The van der Waals surface area contributed by atoms with Crippen LogP contribution in [0.25, 0.3) is 0 Å². The number of piperazine rings is 1. The number of carboxylic acid groups (broad SMARTS) is 1. The number of hydrogen-bond acceptors (Lipinski definition) is 3. The van der Waals surface area contributed by atoms with E-state index in [1.54, 1.807) is 7.11 Å². The van der Waals surface area contributed by atoms with Crippen molar-refractivity contribution in [3.63, 3.8) is 0 Å². The second kappa shape index (κ2) is 6.54. The quantitative estimate of drug-likeness (QED) is 0.898. The summed E-state index contributed by atoms with van der Waals surface area (Å²) < 4.78 is 5.13. The van der Waals surface area contributed by atoms with E-state index in [2.05, 4.69) is 17.0 Å². The largest absolute Gasteiger partial charge is 0.465 e. The molecule has 1 aliphatic heterocycles. The fourth-order valence-corrected chi connectivity index (χ4v) is 2.46. The van der Waals surface area contributed by atoms with Gasteiger partial charge in [0.1, 0.15) is 0 Å². The van der Waals surface area contributed by atoms with Crippen LogP contribution < -0.4 is 0 Å². The molecule has 1 N–H and O–H groups in total. The molecular formula is C14H20N2O3. The molecule has 0 radical (unpaired) electrons. The van der Waals surface area contributed by atoms with E-state index in [-0.39, 0.29) is 6.04 Å². The summed E-state index contributed by atoms with van der Waals surface area (Å²) in [6.07, 6.45) is -0.840. The summed E-state index contributed by atoms with van der Waals surface area (Å²) in [6.45, 7) is 3.31. The van der Waals surface area contributed by atoms with Gasteiger partial charge in [0.15, 0.2) is 0 Å². The Morgan fingerprint density at radius 3 is 2.74 bits per heavy atom. The Bertz CT molecular complexity index is 410. The molecule has 0 bridgehead atoms. The van der Waals surface area contributed by atoms with Crippen LogP contribution in [0.15, 0.2) is 30.3 Å². The molecule has 0 saturated carbocycles. The smallest absolute Gasteiger partial charge is 0.407 e. The summed E-state index contributed by atoms with van der Waals surface area (Å²) in [5.41, 5.74) is 1.16. The van der Waals surface area contributed by atoms with Gasteiger partial charge in [0, 0.05) is 33.3 Å². The Balaban J connectivity index is 2.13. The predicted octanol–water partition coefficient (Wildman–Crippen LogP) is 1.67. The zero-order valence-electron chi connectivity index (χ0n) is 11.2. The van der Waals surface area contributed by atoms with E-state index in [9.17, 15) is 4.79 Å². The maximum atomic E-state index is 11.1. The van der Waals surface area contributed by atoms with Crippen molar-refractivity contribution in [2.24, 2.45) is 0 Å². The van der Waals surface area contributed by atoms with Crippen LogP contribution >= 0.6 is 0 Å². The molecule has 5 nitrogen and oxygen atoms in total. The summed E-state index contributed by atoms with van der Waals surface area (Å²) in [5, 5.41) is 9.15.